The van der Waals surface area contributed by atoms with Crippen molar-refractivity contribution in [3.05, 3.63) is 24.3 Å². The molecule has 6 heteroatoms. The van der Waals surface area contributed by atoms with Gasteiger partial charge in [-0.05, 0) is 43.2 Å². The summed E-state index contributed by atoms with van der Waals surface area (Å²) in [6.45, 7) is 1.15. The molecule has 3 aliphatic rings. The number of piperazine rings is 1. The Labute approximate surface area is 147 Å². The summed E-state index contributed by atoms with van der Waals surface area (Å²) in [6, 6.07) is 7.45. The fourth-order valence-electron chi connectivity index (χ4n) is 4.88. The Balaban J connectivity index is 1.47. The molecule has 3 fully saturated rings. The molecular formula is C19H25N3O3. The average Bonchev–Trinajstić information content (AvgIpc) is 3.22. The molecule has 1 aromatic rings. The van der Waals surface area contributed by atoms with Gasteiger partial charge in [-0.15, -0.1) is 0 Å². The van der Waals surface area contributed by atoms with E-state index in [4.69, 9.17) is 10.5 Å². The molecule has 6 nitrogen and oxygen atoms in total. The average molecular weight is 343 g/mol. The van der Waals surface area contributed by atoms with Crippen LogP contribution in [-0.4, -0.2) is 49.5 Å². The van der Waals surface area contributed by atoms with Crippen LogP contribution in [0, 0.1) is 17.8 Å². The number of para-hydroxylation sites is 2. The van der Waals surface area contributed by atoms with Crippen molar-refractivity contribution in [3.8, 4) is 5.75 Å². The van der Waals surface area contributed by atoms with Crippen LogP contribution in [-0.2, 0) is 9.59 Å². The highest BCUT2D eigenvalue weighted by Gasteiger charge is 2.50. The summed E-state index contributed by atoms with van der Waals surface area (Å²) in [5.74, 6) is 1.49. The van der Waals surface area contributed by atoms with Crippen molar-refractivity contribution < 1.29 is 14.3 Å². The van der Waals surface area contributed by atoms with Crippen LogP contribution in [0.2, 0.25) is 0 Å². The number of amides is 2. The number of hydrogen-bond acceptors (Lipinski definition) is 4. The Morgan fingerprint density at radius 1 is 1.20 bits per heavy atom. The van der Waals surface area contributed by atoms with Crippen LogP contribution in [0.5, 0.6) is 5.75 Å². The summed E-state index contributed by atoms with van der Waals surface area (Å²) >= 11 is 0. The van der Waals surface area contributed by atoms with Crippen molar-refractivity contribution in [3.63, 3.8) is 0 Å². The molecule has 2 saturated carbocycles. The van der Waals surface area contributed by atoms with E-state index in [1.165, 1.54) is 0 Å². The molecule has 1 aliphatic heterocycles. The Morgan fingerprint density at radius 2 is 1.96 bits per heavy atom. The first kappa shape index (κ1) is 16.4. The van der Waals surface area contributed by atoms with Crippen molar-refractivity contribution in [2.75, 3.05) is 31.6 Å². The Bertz CT molecular complexity index is 690. The van der Waals surface area contributed by atoms with Crippen molar-refractivity contribution in [1.29, 1.82) is 0 Å². The van der Waals surface area contributed by atoms with Crippen molar-refractivity contribution in [1.82, 2.24) is 4.90 Å². The maximum absolute atomic E-state index is 13.0. The first-order valence-corrected chi connectivity index (χ1v) is 9.08. The SMILES string of the molecule is COc1ccccc1N1CCN(C(=O)[C@H]2[C@H]3CC[C@H](C3)[C@H]2N)CC1=O. The predicted octanol–water partition coefficient (Wildman–Crippen LogP) is 1.24. The van der Waals surface area contributed by atoms with E-state index in [0.29, 0.717) is 30.7 Å². The number of fused-ring (bicyclic) bond motifs is 2. The third-order valence-electron chi connectivity index (χ3n) is 6.17. The van der Waals surface area contributed by atoms with Gasteiger partial charge in [0, 0.05) is 19.1 Å². The van der Waals surface area contributed by atoms with Gasteiger partial charge in [0.1, 0.15) is 12.3 Å². The minimum atomic E-state index is -0.0932. The molecule has 0 radical (unpaired) electrons. The van der Waals surface area contributed by atoms with E-state index in [2.05, 4.69) is 0 Å². The van der Waals surface area contributed by atoms with Gasteiger partial charge in [-0.2, -0.15) is 0 Å². The van der Waals surface area contributed by atoms with Crippen LogP contribution in [0.1, 0.15) is 19.3 Å². The minimum Gasteiger partial charge on any atom is -0.495 e. The van der Waals surface area contributed by atoms with E-state index >= 15 is 0 Å². The summed E-state index contributed by atoms with van der Waals surface area (Å²) in [4.78, 5) is 29.1. The first-order valence-electron chi connectivity index (χ1n) is 9.08. The maximum atomic E-state index is 13.0. The van der Waals surface area contributed by atoms with Gasteiger partial charge in [0.2, 0.25) is 11.8 Å². The first-order chi connectivity index (χ1) is 12.1. The number of ether oxygens (including phenoxy) is 1. The van der Waals surface area contributed by atoms with E-state index in [9.17, 15) is 9.59 Å². The normalized spacial score (nSPS) is 31.5. The summed E-state index contributed by atoms with van der Waals surface area (Å²) in [5.41, 5.74) is 7.07. The largest absolute Gasteiger partial charge is 0.495 e. The molecule has 2 aliphatic carbocycles. The molecule has 1 aromatic carbocycles. The molecule has 4 rings (SSSR count). The lowest BCUT2D eigenvalue weighted by Gasteiger charge is -2.38. The summed E-state index contributed by atoms with van der Waals surface area (Å²) < 4.78 is 5.36. The molecule has 134 valence electrons. The smallest absolute Gasteiger partial charge is 0.246 e. The van der Waals surface area contributed by atoms with E-state index in [0.717, 1.165) is 24.9 Å². The van der Waals surface area contributed by atoms with Crippen molar-refractivity contribution in [2.45, 2.75) is 25.3 Å². The molecule has 0 spiro atoms. The number of carbonyl (C=O) groups is 2. The highest BCUT2D eigenvalue weighted by atomic mass is 16.5. The van der Waals surface area contributed by atoms with Gasteiger partial charge in [-0.1, -0.05) is 12.1 Å². The Hall–Kier alpha value is -2.08. The van der Waals surface area contributed by atoms with Gasteiger partial charge >= 0.3 is 0 Å². The molecule has 2 bridgehead atoms. The van der Waals surface area contributed by atoms with E-state index < -0.39 is 0 Å². The van der Waals surface area contributed by atoms with Crippen molar-refractivity contribution in [2.24, 2.45) is 23.5 Å². The lowest BCUT2D eigenvalue weighted by Crippen LogP contribution is -2.56. The molecule has 0 aromatic heterocycles. The second-order valence-electron chi connectivity index (χ2n) is 7.41. The van der Waals surface area contributed by atoms with Crippen molar-refractivity contribution >= 4 is 17.5 Å². The fourth-order valence-corrected chi connectivity index (χ4v) is 4.88. The second kappa shape index (κ2) is 6.33. The minimum absolute atomic E-state index is 0.0337. The molecule has 1 heterocycles. The molecular weight excluding hydrogens is 318 g/mol. The summed E-state index contributed by atoms with van der Waals surface area (Å²) in [6.07, 6.45) is 3.33. The number of nitrogens with two attached hydrogens (primary N) is 1. The third-order valence-corrected chi connectivity index (χ3v) is 6.17. The van der Waals surface area contributed by atoms with E-state index in [1.54, 1.807) is 16.9 Å². The zero-order valence-electron chi connectivity index (χ0n) is 14.6. The zero-order valence-corrected chi connectivity index (χ0v) is 14.6. The quantitative estimate of drug-likeness (QED) is 0.896. The zero-order chi connectivity index (χ0) is 17.6. The fraction of sp³-hybridized carbons (Fsp3) is 0.579. The molecule has 25 heavy (non-hydrogen) atoms. The Morgan fingerprint density at radius 3 is 2.64 bits per heavy atom. The second-order valence-corrected chi connectivity index (χ2v) is 7.41. The van der Waals surface area contributed by atoms with Gasteiger partial charge in [-0.25, -0.2) is 0 Å². The highest BCUT2D eigenvalue weighted by molar-refractivity contribution is 5.99. The lowest BCUT2D eigenvalue weighted by atomic mass is 9.84. The van der Waals surface area contributed by atoms with E-state index in [1.807, 2.05) is 24.3 Å². The lowest BCUT2D eigenvalue weighted by molar-refractivity contribution is -0.142. The predicted molar refractivity (Wildman–Crippen MR) is 94.2 cm³/mol. The number of hydrogen-bond donors (Lipinski definition) is 1. The topological polar surface area (TPSA) is 75.9 Å². The van der Waals surface area contributed by atoms with Crippen LogP contribution in [0.15, 0.2) is 24.3 Å². The third kappa shape index (κ3) is 2.68. The number of nitrogens with zero attached hydrogens (tertiary/aromatic N) is 2. The van der Waals surface area contributed by atoms with Gasteiger partial charge in [0.25, 0.3) is 0 Å². The summed E-state index contributed by atoms with van der Waals surface area (Å²) in [5, 5.41) is 0. The number of anilines is 1. The summed E-state index contributed by atoms with van der Waals surface area (Å²) in [7, 11) is 1.60. The van der Waals surface area contributed by atoms with Gasteiger partial charge in [-0.3, -0.25) is 9.59 Å². The van der Waals surface area contributed by atoms with Gasteiger partial charge < -0.3 is 20.3 Å². The van der Waals surface area contributed by atoms with Crippen LogP contribution < -0.4 is 15.4 Å². The van der Waals surface area contributed by atoms with Gasteiger partial charge in [0.15, 0.2) is 0 Å². The molecule has 1 saturated heterocycles. The molecule has 2 amide bonds. The van der Waals surface area contributed by atoms with E-state index in [-0.39, 0.29) is 30.3 Å². The standard InChI is InChI=1S/C19H25N3O3/c1-25-15-5-3-2-4-14(15)22-9-8-21(11-16(22)23)19(24)17-12-6-7-13(10-12)18(17)20/h2-5,12-13,17-18H,6-11,20H2,1H3/t12-,13+,17-,18+/m0/s1. The molecule has 2 N–H and O–H groups in total. The highest BCUT2D eigenvalue weighted by Crippen LogP contribution is 2.48. The van der Waals surface area contributed by atoms with Crippen LogP contribution in [0.25, 0.3) is 0 Å². The number of rotatable bonds is 3. The molecule has 0 unspecified atom stereocenters. The maximum Gasteiger partial charge on any atom is 0.246 e. The Kier molecular flexibility index (Phi) is 4.15. The monoisotopic (exact) mass is 343 g/mol. The van der Waals surface area contributed by atoms with Crippen LogP contribution >= 0.6 is 0 Å². The molecule has 4 atom stereocenters. The van der Waals surface area contributed by atoms with Crippen LogP contribution in [0.4, 0.5) is 5.69 Å². The number of methoxy groups -OCH3 is 1. The number of benzene rings is 1. The van der Waals surface area contributed by atoms with Gasteiger partial charge in [0.05, 0.1) is 18.7 Å². The van der Waals surface area contributed by atoms with Crippen LogP contribution in [0.3, 0.4) is 0 Å². The number of carbonyl (C=O) groups excluding carboxylic acids is 2.